The highest BCUT2D eigenvalue weighted by Gasteiger charge is 2.34. The third-order valence-electron chi connectivity index (χ3n) is 12.5. The number of halogens is 4. The number of nitrogens with one attached hydrogen (secondary N) is 3. The number of carbonyl (C=O) groups excluding carboxylic acids is 1. The van der Waals surface area contributed by atoms with Crippen LogP contribution >= 0.6 is 23.2 Å². The molecule has 0 amide bonds. The number of aldehydes is 1. The Morgan fingerprint density at radius 2 is 1.27 bits per heavy atom. The Morgan fingerprint density at radius 3 is 1.78 bits per heavy atom. The zero-order valence-electron chi connectivity index (χ0n) is 35.0. The van der Waals surface area contributed by atoms with Crippen molar-refractivity contribution in [1.29, 1.82) is 0 Å². The molecule has 4 aromatic heterocycles. The van der Waals surface area contributed by atoms with Crippen LogP contribution in [0, 0.1) is 23.5 Å². The first-order valence-electron chi connectivity index (χ1n) is 21.4. The molecule has 0 bridgehead atoms. The second-order valence-electron chi connectivity index (χ2n) is 16.8. The number of ether oxygens (including phenoxy) is 2. The van der Waals surface area contributed by atoms with E-state index in [1.165, 1.54) is 24.3 Å². The van der Waals surface area contributed by atoms with Crippen LogP contribution in [0.25, 0.3) is 11.0 Å². The fourth-order valence-corrected chi connectivity index (χ4v) is 9.32. The second-order valence-corrected chi connectivity index (χ2v) is 17.6. The molecule has 334 valence electrons. The van der Waals surface area contributed by atoms with Crippen LogP contribution in [0.15, 0.2) is 58.4 Å². The normalized spacial score (nSPS) is 22.2. The van der Waals surface area contributed by atoms with Gasteiger partial charge in [-0.25, -0.2) is 27.8 Å². The Hall–Kier alpha value is -4.91. The van der Waals surface area contributed by atoms with E-state index in [0.717, 1.165) is 94.2 Å². The van der Waals surface area contributed by atoms with Crippen LogP contribution < -0.4 is 16.4 Å². The average molecular weight is 908 g/mol. The molecule has 4 aliphatic rings. The molecular formula is C44H50Cl2F2N10O5. The zero-order chi connectivity index (χ0) is 44.2. The molecule has 4 fully saturated rings. The van der Waals surface area contributed by atoms with E-state index < -0.39 is 5.82 Å². The number of hydrogen-bond donors (Lipinski definition) is 3. The lowest BCUT2D eigenvalue weighted by atomic mass is 9.97. The van der Waals surface area contributed by atoms with Crippen molar-refractivity contribution in [3.63, 3.8) is 0 Å². The Morgan fingerprint density at radius 1 is 0.730 bits per heavy atom. The lowest BCUT2D eigenvalue weighted by Crippen LogP contribution is -2.24. The van der Waals surface area contributed by atoms with Crippen molar-refractivity contribution in [2.75, 3.05) is 52.6 Å². The van der Waals surface area contributed by atoms with Gasteiger partial charge < -0.3 is 24.8 Å². The molecule has 0 radical (unpaired) electrons. The molecule has 4 aliphatic heterocycles. The number of fused-ring (bicyclic) bond motifs is 2. The third-order valence-corrected chi connectivity index (χ3v) is 13.2. The van der Waals surface area contributed by atoms with E-state index in [4.69, 9.17) is 42.9 Å². The summed E-state index contributed by atoms with van der Waals surface area (Å²) in [5.74, 6) is 4.08. The van der Waals surface area contributed by atoms with E-state index >= 15 is 0 Å². The van der Waals surface area contributed by atoms with E-state index in [-0.39, 0.29) is 39.7 Å². The van der Waals surface area contributed by atoms with E-state index in [2.05, 4.69) is 44.0 Å². The van der Waals surface area contributed by atoms with Gasteiger partial charge in [0.05, 0.1) is 17.4 Å². The molecule has 19 heteroatoms. The number of likely N-dealkylation sites (tertiary alicyclic amines) is 1. The number of H-pyrrole nitrogens is 2. The van der Waals surface area contributed by atoms with Gasteiger partial charge in [-0.1, -0.05) is 43.1 Å². The molecule has 4 saturated heterocycles. The fourth-order valence-electron chi connectivity index (χ4n) is 8.88. The summed E-state index contributed by atoms with van der Waals surface area (Å²) in [6.45, 7) is 11.3. The third kappa shape index (κ3) is 10.1. The number of nitrogens with zero attached hydrogens (tertiary/aromatic N) is 7. The fraction of sp³-hybridized carbons (Fsp3) is 0.477. The van der Waals surface area contributed by atoms with Gasteiger partial charge in [0.15, 0.2) is 17.3 Å². The summed E-state index contributed by atoms with van der Waals surface area (Å²) in [6, 6.07) is 8.14. The van der Waals surface area contributed by atoms with Crippen LogP contribution in [0.5, 0.6) is 0 Å². The van der Waals surface area contributed by atoms with Crippen LogP contribution in [0.1, 0.15) is 102 Å². The minimum absolute atomic E-state index is 0.0845. The number of aromatic amines is 2. The van der Waals surface area contributed by atoms with Crippen molar-refractivity contribution in [2.45, 2.75) is 69.7 Å². The van der Waals surface area contributed by atoms with Crippen molar-refractivity contribution in [3.05, 3.63) is 126 Å². The molecule has 10 rings (SSSR count). The van der Waals surface area contributed by atoms with Crippen LogP contribution in [0.2, 0.25) is 10.0 Å². The molecule has 8 heterocycles. The van der Waals surface area contributed by atoms with Gasteiger partial charge >= 0.3 is 0 Å². The van der Waals surface area contributed by atoms with Crippen molar-refractivity contribution < 1.29 is 23.0 Å². The standard InChI is InChI=1S/C22H25ClFN5O2.C15H21N5O2.C7H4ClFO/c1-13-10-28(11-15-2-3-16(24)8-18(15)23)12-17(13)20-26-22(30)19-9-25-21(29(19)27-20)14-4-6-31-7-5-14;1-9-6-16-7-11(9)13-18-15(21)12-8-17-14(20(12)19-13)10-2-4-22-5-3-10;8-7-3-6(9)2-1-5(7)4-10/h2-3,8-9,13-14,17H,4-7,10-12H2,1H3,(H,26,27,30);8-11,16H,2-7H2,1H3,(H,18,19,21);1-4H. The van der Waals surface area contributed by atoms with E-state index in [1.54, 1.807) is 27.5 Å². The number of hydrogen-bond acceptors (Lipinski definition) is 11. The molecule has 4 unspecified atom stereocenters. The number of aromatic nitrogens is 8. The molecule has 63 heavy (non-hydrogen) atoms. The summed E-state index contributed by atoms with van der Waals surface area (Å²) in [5, 5.41) is 13.5. The van der Waals surface area contributed by atoms with Crippen molar-refractivity contribution in [1.82, 2.24) is 49.4 Å². The van der Waals surface area contributed by atoms with Gasteiger partial charge in [0.2, 0.25) is 0 Å². The number of benzene rings is 2. The Labute approximate surface area is 371 Å². The van der Waals surface area contributed by atoms with Crippen molar-refractivity contribution >= 4 is 40.5 Å². The van der Waals surface area contributed by atoms with Crippen LogP contribution in [0.3, 0.4) is 0 Å². The van der Waals surface area contributed by atoms with Gasteiger partial charge in [-0.15, -0.1) is 0 Å². The number of carbonyl (C=O) groups is 1. The van der Waals surface area contributed by atoms with Crippen LogP contribution in [0.4, 0.5) is 8.78 Å². The predicted molar refractivity (Wildman–Crippen MR) is 233 cm³/mol. The monoisotopic (exact) mass is 906 g/mol. The Kier molecular flexibility index (Phi) is 14.1. The SMILES string of the molecule is CC1CN(Cc2ccc(F)cc2Cl)CC1c1nn2c(C3CCOCC3)ncc2c(=O)[nH]1.CC1CNCC1c1nn2c(C3CCOCC3)ncc2c(=O)[nH]1.O=Cc1ccc(F)cc1Cl. The largest absolute Gasteiger partial charge is 0.381 e. The van der Waals surface area contributed by atoms with Gasteiger partial charge in [-0.05, 0) is 80.0 Å². The van der Waals surface area contributed by atoms with Gasteiger partial charge in [-0.2, -0.15) is 10.2 Å². The summed E-state index contributed by atoms with van der Waals surface area (Å²) in [6.07, 6.45) is 7.47. The van der Waals surface area contributed by atoms with Crippen LogP contribution in [-0.2, 0) is 16.0 Å². The Bertz CT molecular complexity index is 2680. The maximum atomic E-state index is 13.4. The summed E-state index contributed by atoms with van der Waals surface area (Å²) in [7, 11) is 0. The molecule has 3 N–H and O–H groups in total. The van der Waals surface area contributed by atoms with Gasteiger partial charge in [0.1, 0.15) is 34.9 Å². The molecule has 15 nitrogen and oxygen atoms in total. The summed E-state index contributed by atoms with van der Waals surface area (Å²) in [4.78, 5) is 52.5. The minimum Gasteiger partial charge on any atom is -0.381 e. The smallest absolute Gasteiger partial charge is 0.276 e. The van der Waals surface area contributed by atoms with Crippen molar-refractivity contribution in [3.8, 4) is 0 Å². The molecule has 2 aromatic carbocycles. The quantitative estimate of drug-likeness (QED) is 0.154. The number of rotatable bonds is 7. The van der Waals surface area contributed by atoms with E-state index in [9.17, 15) is 23.2 Å². The van der Waals surface area contributed by atoms with E-state index in [0.29, 0.717) is 71.2 Å². The highest BCUT2D eigenvalue weighted by atomic mass is 35.5. The van der Waals surface area contributed by atoms with Crippen molar-refractivity contribution in [2.24, 2.45) is 11.8 Å². The first kappa shape index (κ1) is 44.7. The Balaban J connectivity index is 0.000000147. The zero-order valence-corrected chi connectivity index (χ0v) is 36.5. The highest BCUT2D eigenvalue weighted by molar-refractivity contribution is 6.33. The lowest BCUT2D eigenvalue weighted by Gasteiger charge is -2.21. The minimum atomic E-state index is -0.435. The molecule has 4 atom stereocenters. The first-order valence-corrected chi connectivity index (χ1v) is 22.1. The van der Waals surface area contributed by atoms with E-state index in [1.807, 2.05) is 0 Å². The first-order chi connectivity index (χ1) is 30.5. The molecule has 0 aliphatic carbocycles. The molecule has 0 spiro atoms. The van der Waals surface area contributed by atoms with Crippen LogP contribution in [-0.4, -0.2) is 103 Å². The number of imidazole rings is 2. The average Bonchev–Trinajstić information content (AvgIpc) is 4.09. The molecule has 6 aromatic rings. The summed E-state index contributed by atoms with van der Waals surface area (Å²) < 4.78 is 40.0. The second kappa shape index (κ2) is 19.9. The topological polar surface area (TPSA) is 177 Å². The highest BCUT2D eigenvalue weighted by Crippen LogP contribution is 2.33. The lowest BCUT2D eigenvalue weighted by molar-refractivity contribution is 0.0831. The maximum Gasteiger partial charge on any atom is 0.276 e. The molecular weight excluding hydrogens is 857 g/mol. The van der Waals surface area contributed by atoms with Gasteiger partial charge in [-0.3, -0.25) is 19.3 Å². The van der Waals surface area contributed by atoms with Gasteiger partial charge in [0.25, 0.3) is 11.1 Å². The molecule has 0 saturated carbocycles. The maximum absolute atomic E-state index is 13.4. The predicted octanol–water partition coefficient (Wildman–Crippen LogP) is 6.27. The summed E-state index contributed by atoms with van der Waals surface area (Å²) >= 11 is 11.7. The van der Waals surface area contributed by atoms with Gasteiger partial charge in [0, 0.05) is 86.9 Å². The summed E-state index contributed by atoms with van der Waals surface area (Å²) in [5.41, 5.74) is 1.94.